The van der Waals surface area contributed by atoms with Crippen LogP contribution in [-0.2, 0) is 0 Å². The van der Waals surface area contributed by atoms with Crippen LogP contribution in [0.3, 0.4) is 0 Å². The highest BCUT2D eigenvalue weighted by molar-refractivity contribution is 5.97. The maximum absolute atomic E-state index is 12.1. The molecule has 0 spiro atoms. The summed E-state index contributed by atoms with van der Waals surface area (Å²) < 4.78 is 0. The molecule has 1 aliphatic carbocycles. The van der Waals surface area contributed by atoms with Gasteiger partial charge in [-0.1, -0.05) is 25.8 Å². The molecule has 1 amide bonds. The molecular weight excluding hydrogens is 242 g/mol. The number of carbonyl (C=O) groups excluding carboxylic acids is 1. The number of amides is 1. The molecule has 19 heavy (non-hydrogen) atoms. The van der Waals surface area contributed by atoms with E-state index in [1.807, 2.05) is 0 Å². The van der Waals surface area contributed by atoms with Crippen LogP contribution in [0.15, 0.2) is 24.3 Å². The Kier molecular flexibility index (Phi) is 4.20. The van der Waals surface area contributed by atoms with Crippen molar-refractivity contribution in [2.75, 3.05) is 0 Å². The van der Waals surface area contributed by atoms with Crippen LogP contribution in [0.1, 0.15) is 53.3 Å². The first-order valence-corrected chi connectivity index (χ1v) is 6.70. The Hall–Kier alpha value is -1.84. The minimum absolute atomic E-state index is 0.143. The Balaban J connectivity index is 2.03. The molecule has 4 heteroatoms. The molecule has 102 valence electrons. The summed E-state index contributed by atoms with van der Waals surface area (Å²) in [5.41, 5.74) is 0.558. The maximum Gasteiger partial charge on any atom is 0.335 e. The molecule has 0 bridgehead atoms. The molecule has 1 fully saturated rings. The summed E-state index contributed by atoms with van der Waals surface area (Å²) in [5.74, 6) is -0.549. The molecule has 4 nitrogen and oxygen atoms in total. The van der Waals surface area contributed by atoms with Gasteiger partial charge in [0, 0.05) is 11.6 Å². The maximum atomic E-state index is 12.1. The second kappa shape index (κ2) is 5.87. The zero-order valence-corrected chi connectivity index (χ0v) is 11.1. The summed E-state index contributed by atoms with van der Waals surface area (Å²) in [4.78, 5) is 23.0. The number of carboxylic acids is 1. The average molecular weight is 261 g/mol. The molecule has 1 aromatic rings. The monoisotopic (exact) mass is 261 g/mol. The third kappa shape index (κ3) is 3.56. The zero-order chi connectivity index (χ0) is 13.8. The van der Waals surface area contributed by atoms with Crippen molar-refractivity contribution in [3.63, 3.8) is 0 Å². The van der Waals surface area contributed by atoms with E-state index in [0.29, 0.717) is 11.5 Å². The number of aromatic carboxylic acids is 1. The van der Waals surface area contributed by atoms with E-state index in [9.17, 15) is 9.59 Å². The van der Waals surface area contributed by atoms with Crippen molar-refractivity contribution in [3.8, 4) is 0 Å². The smallest absolute Gasteiger partial charge is 0.335 e. The third-order valence-corrected chi connectivity index (χ3v) is 3.64. The van der Waals surface area contributed by atoms with E-state index in [1.165, 1.54) is 18.6 Å². The first-order chi connectivity index (χ1) is 9.06. The van der Waals surface area contributed by atoms with Crippen LogP contribution in [0.25, 0.3) is 0 Å². The molecule has 2 N–H and O–H groups in total. The highest BCUT2D eigenvalue weighted by Gasteiger charge is 2.21. The first kappa shape index (κ1) is 13.6. The molecule has 2 unspecified atom stereocenters. The lowest BCUT2D eigenvalue weighted by Gasteiger charge is -2.27. The standard InChI is InChI=1S/C15H19NO3/c1-10-4-2-7-13(8-10)16-14(17)11-5-3-6-12(9-11)15(18)19/h3,5-6,9-10,13H,2,4,7-8H2,1H3,(H,16,17)(H,18,19). The van der Waals surface area contributed by atoms with Crippen LogP contribution in [-0.4, -0.2) is 23.0 Å². The summed E-state index contributed by atoms with van der Waals surface area (Å²) in [6.45, 7) is 2.20. The average Bonchev–Trinajstić information content (AvgIpc) is 2.39. The van der Waals surface area contributed by atoms with Crippen molar-refractivity contribution in [1.29, 1.82) is 0 Å². The van der Waals surface area contributed by atoms with E-state index in [2.05, 4.69) is 12.2 Å². The summed E-state index contributed by atoms with van der Waals surface area (Å²) in [5, 5.41) is 11.9. The van der Waals surface area contributed by atoms with E-state index < -0.39 is 5.97 Å². The number of nitrogens with one attached hydrogen (secondary N) is 1. The van der Waals surface area contributed by atoms with Crippen molar-refractivity contribution in [2.45, 2.75) is 38.6 Å². The molecule has 2 rings (SSSR count). The summed E-state index contributed by atoms with van der Waals surface area (Å²) in [6.07, 6.45) is 4.38. The quantitative estimate of drug-likeness (QED) is 0.879. The van der Waals surface area contributed by atoms with Crippen molar-refractivity contribution >= 4 is 11.9 Å². The van der Waals surface area contributed by atoms with Crippen LogP contribution in [0.2, 0.25) is 0 Å². The fourth-order valence-electron chi connectivity index (χ4n) is 2.63. The lowest BCUT2D eigenvalue weighted by atomic mass is 9.87. The van der Waals surface area contributed by atoms with E-state index in [4.69, 9.17) is 5.11 Å². The lowest BCUT2D eigenvalue weighted by Crippen LogP contribution is -2.38. The molecular formula is C15H19NO3. The van der Waals surface area contributed by atoms with Gasteiger partial charge in [0.15, 0.2) is 0 Å². The van der Waals surface area contributed by atoms with Crippen LogP contribution in [0.4, 0.5) is 0 Å². The number of carboxylic acid groups (broad SMARTS) is 1. The lowest BCUT2D eigenvalue weighted by molar-refractivity contribution is 0.0697. The van der Waals surface area contributed by atoms with Crippen LogP contribution in [0.5, 0.6) is 0 Å². The SMILES string of the molecule is CC1CCCC(NC(=O)c2cccc(C(=O)O)c2)C1. The highest BCUT2D eigenvalue weighted by atomic mass is 16.4. The van der Waals surface area contributed by atoms with E-state index in [0.717, 1.165) is 19.3 Å². The summed E-state index contributed by atoms with van der Waals surface area (Å²) in [7, 11) is 0. The number of rotatable bonds is 3. The van der Waals surface area contributed by atoms with E-state index in [1.54, 1.807) is 12.1 Å². The fourth-order valence-corrected chi connectivity index (χ4v) is 2.63. The van der Waals surface area contributed by atoms with Gasteiger partial charge in [-0.2, -0.15) is 0 Å². The topological polar surface area (TPSA) is 66.4 Å². The minimum Gasteiger partial charge on any atom is -0.478 e. The molecule has 0 radical (unpaired) electrons. The van der Waals surface area contributed by atoms with Gasteiger partial charge in [-0.25, -0.2) is 4.79 Å². The Labute approximate surface area is 112 Å². The van der Waals surface area contributed by atoms with Crippen molar-refractivity contribution in [1.82, 2.24) is 5.32 Å². The molecule has 1 saturated carbocycles. The van der Waals surface area contributed by atoms with Crippen LogP contribution < -0.4 is 5.32 Å². The van der Waals surface area contributed by atoms with Crippen molar-refractivity contribution in [2.24, 2.45) is 5.92 Å². The van der Waals surface area contributed by atoms with Crippen LogP contribution in [0, 0.1) is 5.92 Å². The van der Waals surface area contributed by atoms with Gasteiger partial charge in [0.25, 0.3) is 5.91 Å². The molecule has 1 aliphatic rings. The van der Waals surface area contributed by atoms with Gasteiger partial charge in [0.1, 0.15) is 0 Å². The molecule has 1 aromatic carbocycles. The molecule has 0 aliphatic heterocycles. The third-order valence-electron chi connectivity index (χ3n) is 3.64. The largest absolute Gasteiger partial charge is 0.478 e. The normalized spacial score (nSPS) is 22.8. The van der Waals surface area contributed by atoms with Crippen LogP contribution >= 0.6 is 0 Å². The molecule has 0 heterocycles. The number of benzene rings is 1. The Morgan fingerprint density at radius 2 is 2.00 bits per heavy atom. The second-order valence-corrected chi connectivity index (χ2v) is 5.33. The highest BCUT2D eigenvalue weighted by Crippen LogP contribution is 2.23. The van der Waals surface area contributed by atoms with E-state index >= 15 is 0 Å². The van der Waals surface area contributed by atoms with Gasteiger partial charge in [0.05, 0.1) is 5.56 Å². The Bertz CT molecular complexity index is 484. The fraction of sp³-hybridized carbons (Fsp3) is 0.467. The van der Waals surface area contributed by atoms with Gasteiger partial charge >= 0.3 is 5.97 Å². The van der Waals surface area contributed by atoms with Gasteiger partial charge in [-0.15, -0.1) is 0 Å². The summed E-state index contributed by atoms with van der Waals surface area (Å²) >= 11 is 0. The number of hydrogen-bond acceptors (Lipinski definition) is 2. The molecule has 0 saturated heterocycles. The van der Waals surface area contributed by atoms with E-state index in [-0.39, 0.29) is 17.5 Å². The first-order valence-electron chi connectivity index (χ1n) is 6.70. The van der Waals surface area contributed by atoms with Gasteiger partial charge < -0.3 is 10.4 Å². The Morgan fingerprint density at radius 1 is 1.26 bits per heavy atom. The Morgan fingerprint density at radius 3 is 2.68 bits per heavy atom. The minimum atomic E-state index is -1.01. The molecule has 0 aromatic heterocycles. The van der Waals surface area contributed by atoms with Crippen molar-refractivity contribution in [3.05, 3.63) is 35.4 Å². The summed E-state index contributed by atoms with van der Waals surface area (Å²) in [6, 6.07) is 6.37. The second-order valence-electron chi connectivity index (χ2n) is 5.33. The number of carbonyl (C=O) groups is 2. The van der Waals surface area contributed by atoms with Gasteiger partial charge in [-0.3, -0.25) is 4.79 Å². The van der Waals surface area contributed by atoms with Gasteiger partial charge in [0.2, 0.25) is 0 Å². The predicted octanol–water partition coefficient (Wildman–Crippen LogP) is 2.69. The molecule has 2 atom stereocenters. The number of hydrogen-bond donors (Lipinski definition) is 2. The predicted molar refractivity (Wildman–Crippen MR) is 72.3 cm³/mol. The zero-order valence-electron chi connectivity index (χ0n) is 11.1. The van der Waals surface area contributed by atoms with Gasteiger partial charge in [-0.05, 0) is 37.0 Å². The van der Waals surface area contributed by atoms with Crippen molar-refractivity contribution < 1.29 is 14.7 Å².